The first-order chi connectivity index (χ1) is 24.0. The lowest BCUT2D eigenvalue weighted by atomic mass is 9.91. The molecule has 0 fully saturated rings. The van der Waals surface area contributed by atoms with Crippen LogP contribution in [0.25, 0.3) is 0 Å². The van der Waals surface area contributed by atoms with Gasteiger partial charge in [-0.3, -0.25) is 19.2 Å². The van der Waals surface area contributed by atoms with E-state index in [9.17, 15) is 39.0 Å². The van der Waals surface area contributed by atoms with Crippen molar-refractivity contribution in [3.05, 3.63) is 94.5 Å². The van der Waals surface area contributed by atoms with E-state index in [2.05, 4.69) is 16.0 Å². The van der Waals surface area contributed by atoms with Crippen molar-refractivity contribution in [2.75, 3.05) is 12.4 Å². The molecule has 3 aromatic rings. The Kier molecular flexibility index (Phi) is 12.2. The number of methoxy groups -OCH3 is 1. The molecule has 0 bridgehead atoms. The molecule has 1 aliphatic rings. The number of nitrogens with one attached hydrogen (secondary N) is 3. The maximum absolute atomic E-state index is 13.8. The third-order valence-electron chi connectivity index (χ3n) is 8.46. The average Bonchev–Trinajstić information content (AvgIpc) is 3.43. The number of carbonyl (C=O) groups is 6. The lowest BCUT2D eigenvalue weighted by molar-refractivity contribution is -0.144. The number of hydrogen-bond donors (Lipinski definition) is 5. The third kappa shape index (κ3) is 10.4. The van der Waals surface area contributed by atoms with Crippen molar-refractivity contribution in [3.8, 4) is 5.75 Å². The number of aliphatic carboxylic acids is 2. The van der Waals surface area contributed by atoms with Crippen LogP contribution in [0.15, 0.2) is 66.7 Å². The van der Waals surface area contributed by atoms with Crippen molar-refractivity contribution >= 4 is 41.3 Å². The molecule has 13 heteroatoms. The molecule has 270 valence electrons. The highest BCUT2D eigenvalue weighted by Gasteiger charge is 2.39. The van der Waals surface area contributed by atoms with Gasteiger partial charge in [0.25, 0.3) is 0 Å². The molecule has 4 rings (SSSR count). The molecule has 0 aromatic heterocycles. The SMILES string of the molecule is COc1ccc(CC(=O)Nc2ccc3c(c2)CN(C(C)=O)C3C(=O)NC(Cc2ccccc2CC(NC(=O)CC(C)(C)C)C(=O)O)C(=O)O)cc1. The molecule has 0 saturated heterocycles. The fourth-order valence-corrected chi connectivity index (χ4v) is 6.01. The smallest absolute Gasteiger partial charge is 0.326 e. The summed E-state index contributed by atoms with van der Waals surface area (Å²) in [6.45, 7) is 6.97. The fourth-order valence-electron chi connectivity index (χ4n) is 6.01. The van der Waals surface area contributed by atoms with E-state index in [0.29, 0.717) is 33.7 Å². The predicted octanol–water partition coefficient (Wildman–Crippen LogP) is 3.64. The first-order valence-electron chi connectivity index (χ1n) is 16.5. The Balaban J connectivity index is 1.49. The van der Waals surface area contributed by atoms with Crippen molar-refractivity contribution in [2.24, 2.45) is 5.41 Å². The third-order valence-corrected chi connectivity index (χ3v) is 8.46. The number of nitrogens with zero attached hydrogens (tertiary/aromatic N) is 1. The van der Waals surface area contributed by atoms with E-state index in [1.165, 1.54) is 11.8 Å². The zero-order valence-corrected chi connectivity index (χ0v) is 29.3. The first kappa shape index (κ1) is 38.1. The van der Waals surface area contributed by atoms with Crippen LogP contribution in [0.3, 0.4) is 0 Å². The highest BCUT2D eigenvalue weighted by Crippen LogP contribution is 2.36. The van der Waals surface area contributed by atoms with Gasteiger partial charge < -0.3 is 35.8 Å². The highest BCUT2D eigenvalue weighted by atomic mass is 16.5. The molecular weight excluding hydrogens is 656 g/mol. The van der Waals surface area contributed by atoms with Crippen molar-refractivity contribution in [3.63, 3.8) is 0 Å². The van der Waals surface area contributed by atoms with Gasteiger partial charge in [-0.15, -0.1) is 0 Å². The summed E-state index contributed by atoms with van der Waals surface area (Å²) >= 11 is 0. The number of carboxylic acids is 2. The number of anilines is 1. The number of carbonyl (C=O) groups excluding carboxylic acids is 4. The minimum Gasteiger partial charge on any atom is -0.497 e. The van der Waals surface area contributed by atoms with Crippen LogP contribution >= 0.6 is 0 Å². The van der Waals surface area contributed by atoms with Crippen LogP contribution in [0.4, 0.5) is 5.69 Å². The highest BCUT2D eigenvalue weighted by molar-refractivity contribution is 5.94. The van der Waals surface area contributed by atoms with E-state index >= 15 is 0 Å². The van der Waals surface area contributed by atoms with Gasteiger partial charge in [0, 0.05) is 38.4 Å². The Bertz CT molecular complexity index is 1800. The van der Waals surface area contributed by atoms with Gasteiger partial charge in [0.15, 0.2) is 0 Å². The number of rotatable bonds is 14. The summed E-state index contributed by atoms with van der Waals surface area (Å²) in [6.07, 6.45) is -0.0467. The Morgan fingerprint density at radius 1 is 0.843 bits per heavy atom. The molecule has 0 radical (unpaired) electrons. The molecule has 13 nitrogen and oxygen atoms in total. The Morgan fingerprint density at radius 3 is 1.96 bits per heavy atom. The van der Waals surface area contributed by atoms with Crippen molar-refractivity contribution < 1.29 is 43.7 Å². The molecule has 3 unspecified atom stereocenters. The summed E-state index contributed by atoms with van der Waals surface area (Å²) in [7, 11) is 1.56. The van der Waals surface area contributed by atoms with Gasteiger partial charge in [0.2, 0.25) is 23.6 Å². The van der Waals surface area contributed by atoms with Crippen LogP contribution < -0.4 is 20.7 Å². The molecule has 0 spiro atoms. The largest absolute Gasteiger partial charge is 0.497 e. The van der Waals surface area contributed by atoms with Gasteiger partial charge in [-0.1, -0.05) is 63.2 Å². The van der Waals surface area contributed by atoms with E-state index in [0.717, 1.165) is 5.56 Å². The monoisotopic (exact) mass is 700 g/mol. The standard InChI is InChI=1S/C38H44N4O9/c1-22(43)42-21-26-17-27(39-32(44)16-23-10-13-28(51-5)14-11-23)12-15-29(26)34(42)35(46)41-31(37(49)50)19-25-9-7-6-8-24(25)18-30(36(47)48)40-33(45)20-38(2,3)4/h6-15,17,30-31,34H,16,18-21H2,1-5H3,(H,39,44)(H,40,45)(H,41,46)(H,47,48)(H,49,50). The second kappa shape index (κ2) is 16.3. The van der Waals surface area contributed by atoms with Gasteiger partial charge in [-0.05, 0) is 57.5 Å². The molecule has 0 saturated carbocycles. The summed E-state index contributed by atoms with van der Waals surface area (Å²) in [4.78, 5) is 77.6. The van der Waals surface area contributed by atoms with Crippen molar-refractivity contribution in [1.29, 1.82) is 0 Å². The van der Waals surface area contributed by atoms with E-state index < -0.39 is 47.8 Å². The van der Waals surface area contributed by atoms with E-state index in [4.69, 9.17) is 4.74 Å². The van der Waals surface area contributed by atoms with Crippen LogP contribution in [0.2, 0.25) is 0 Å². The molecule has 4 amide bonds. The fraction of sp³-hybridized carbons (Fsp3) is 0.368. The van der Waals surface area contributed by atoms with Crippen LogP contribution in [-0.2, 0) is 54.6 Å². The van der Waals surface area contributed by atoms with Gasteiger partial charge >= 0.3 is 11.9 Å². The maximum atomic E-state index is 13.8. The summed E-state index contributed by atoms with van der Waals surface area (Å²) in [6, 6.07) is 14.9. The number of hydrogen-bond acceptors (Lipinski definition) is 7. The van der Waals surface area contributed by atoms with Crippen LogP contribution in [0, 0.1) is 5.41 Å². The zero-order valence-electron chi connectivity index (χ0n) is 29.3. The minimum absolute atomic E-state index is 0.0724. The molecule has 0 aliphatic carbocycles. The maximum Gasteiger partial charge on any atom is 0.326 e. The van der Waals surface area contributed by atoms with Crippen LogP contribution in [0.5, 0.6) is 5.75 Å². The summed E-state index contributed by atoms with van der Waals surface area (Å²) < 4.78 is 5.15. The van der Waals surface area contributed by atoms with Crippen LogP contribution in [0.1, 0.15) is 68.0 Å². The van der Waals surface area contributed by atoms with Gasteiger partial charge in [0.1, 0.15) is 23.9 Å². The van der Waals surface area contributed by atoms with Gasteiger partial charge in [-0.25, -0.2) is 9.59 Å². The molecule has 3 atom stereocenters. The van der Waals surface area contributed by atoms with E-state index in [1.807, 2.05) is 20.8 Å². The molecule has 3 aromatic carbocycles. The lowest BCUT2D eigenvalue weighted by Gasteiger charge is -2.25. The van der Waals surface area contributed by atoms with Gasteiger partial charge in [-0.2, -0.15) is 0 Å². The first-order valence-corrected chi connectivity index (χ1v) is 16.5. The normalized spacial score (nSPS) is 14.8. The molecule has 1 heterocycles. The Labute approximate surface area is 296 Å². The lowest BCUT2D eigenvalue weighted by Crippen LogP contribution is -2.47. The summed E-state index contributed by atoms with van der Waals surface area (Å²) in [5, 5.41) is 28.0. The Hall–Kier alpha value is -5.72. The Morgan fingerprint density at radius 2 is 1.43 bits per heavy atom. The van der Waals surface area contributed by atoms with Crippen molar-refractivity contribution in [1.82, 2.24) is 15.5 Å². The van der Waals surface area contributed by atoms with E-state index in [-0.39, 0.29) is 43.6 Å². The summed E-state index contributed by atoms with van der Waals surface area (Å²) in [5.74, 6) is -3.67. The summed E-state index contributed by atoms with van der Waals surface area (Å²) in [5.41, 5.74) is 3.01. The van der Waals surface area contributed by atoms with Crippen LogP contribution in [-0.4, -0.2) is 69.9 Å². The number of carboxylic acid groups (broad SMARTS) is 2. The minimum atomic E-state index is -1.42. The topological polar surface area (TPSA) is 191 Å². The quantitative estimate of drug-likeness (QED) is 0.167. The zero-order chi connectivity index (χ0) is 37.5. The molecule has 51 heavy (non-hydrogen) atoms. The number of amides is 4. The molecule has 1 aliphatic heterocycles. The predicted molar refractivity (Wildman–Crippen MR) is 188 cm³/mol. The second-order valence-electron chi connectivity index (χ2n) is 13.8. The number of benzene rings is 3. The number of ether oxygens (including phenoxy) is 1. The van der Waals surface area contributed by atoms with E-state index in [1.54, 1.807) is 73.8 Å². The second-order valence-corrected chi connectivity index (χ2v) is 13.8. The van der Waals surface area contributed by atoms with Crippen molar-refractivity contribution in [2.45, 2.75) is 78.0 Å². The van der Waals surface area contributed by atoms with Gasteiger partial charge in [0.05, 0.1) is 13.5 Å². The molecule has 5 N–H and O–H groups in total. The average molecular weight is 701 g/mol. The number of fused-ring (bicyclic) bond motifs is 1. The molecular formula is C38H44N4O9.